The number of rotatable bonds is 8. The van der Waals surface area contributed by atoms with Gasteiger partial charge in [-0.3, -0.25) is 15.1 Å². The first-order chi connectivity index (χ1) is 17.9. The lowest BCUT2D eigenvalue weighted by Gasteiger charge is -2.32. The van der Waals surface area contributed by atoms with Gasteiger partial charge in [0.2, 0.25) is 0 Å². The van der Waals surface area contributed by atoms with E-state index in [2.05, 4.69) is 66.3 Å². The number of pyridine rings is 1. The van der Waals surface area contributed by atoms with Crippen LogP contribution in [0.25, 0.3) is 11.1 Å². The van der Waals surface area contributed by atoms with E-state index in [0.717, 1.165) is 73.6 Å². The maximum atomic E-state index is 12.7. The Morgan fingerprint density at radius 3 is 2.43 bits per heavy atom. The Bertz CT molecular complexity index is 1190. The summed E-state index contributed by atoms with van der Waals surface area (Å²) in [6.45, 7) is 10.5. The molecule has 1 aromatic heterocycles. The fourth-order valence-corrected chi connectivity index (χ4v) is 4.83. The summed E-state index contributed by atoms with van der Waals surface area (Å²) in [7, 11) is 2.18. The lowest BCUT2D eigenvalue weighted by molar-refractivity contribution is 0.0977. The summed E-state index contributed by atoms with van der Waals surface area (Å²) in [4.78, 5) is 24.4. The van der Waals surface area contributed by atoms with Crippen molar-refractivity contribution in [1.29, 1.82) is 0 Å². The number of anilines is 1. The summed E-state index contributed by atoms with van der Waals surface area (Å²) >= 11 is 5.70. The first kappa shape index (κ1) is 26.9. The molecule has 0 saturated carbocycles. The third kappa shape index (κ3) is 7.22. The predicted octanol–water partition coefficient (Wildman–Crippen LogP) is 4.78. The minimum atomic E-state index is -0.197. The van der Waals surface area contributed by atoms with Gasteiger partial charge in [-0.25, -0.2) is 0 Å². The van der Waals surface area contributed by atoms with Crippen molar-refractivity contribution in [2.24, 2.45) is 0 Å². The highest BCUT2D eigenvalue weighted by Crippen LogP contribution is 2.28. The Balaban J connectivity index is 1.46. The Kier molecular flexibility index (Phi) is 9.39. The third-order valence-electron chi connectivity index (χ3n) is 6.89. The Morgan fingerprint density at radius 2 is 1.76 bits per heavy atom. The molecule has 0 spiro atoms. The molecule has 3 aromatic rings. The normalized spacial score (nSPS) is 14.4. The molecule has 1 N–H and O–H groups in total. The third-order valence-corrected chi connectivity index (χ3v) is 7.21. The van der Waals surface area contributed by atoms with Gasteiger partial charge in [-0.05, 0) is 68.0 Å². The van der Waals surface area contributed by atoms with Crippen LogP contribution < -0.4 is 10.2 Å². The van der Waals surface area contributed by atoms with Gasteiger partial charge in [-0.1, -0.05) is 43.3 Å². The molecule has 7 heteroatoms. The number of hydrogen-bond donors (Lipinski definition) is 1. The molecule has 0 unspecified atom stereocenters. The molecule has 1 saturated heterocycles. The highest BCUT2D eigenvalue weighted by molar-refractivity contribution is 7.80. The minimum Gasteiger partial charge on any atom is -0.318 e. The number of benzene rings is 2. The van der Waals surface area contributed by atoms with Crippen molar-refractivity contribution in [3.05, 3.63) is 83.7 Å². The van der Waals surface area contributed by atoms with Gasteiger partial charge in [-0.2, -0.15) is 0 Å². The number of nitrogens with zero attached hydrogens (tertiary/aromatic N) is 4. The summed E-state index contributed by atoms with van der Waals surface area (Å²) in [5.74, 6) is -0.197. The van der Waals surface area contributed by atoms with Crippen LogP contribution in [-0.4, -0.2) is 72.1 Å². The molecular weight excluding hydrogens is 478 g/mol. The van der Waals surface area contributed by atoms with Crippen molar-refractivity contribution in [2.45, 2.75) is 26.7 Å². The quantitative estimate of drug-likeness (QED) is 0.436. The number of aromatic nitrogens is 1. The number of thiocarbonyl (C=S) groups is 1. The smallest absolute Gasteiger partial charge is 0.257 e. The van der Waals surface area contributed by atoms with Crippen molar-refractivity contribution in [3.8, 4) is 11.1 Å². The van der Waals surface area contributed by atoms with Gasteiger partial charge in [0.05, 0.1) is 0 Å². The molecule has 1 amide bonds. The van der Waals surface area contributed by atoms with Crippen LogP contribution in [0.5, 0.6) is 0 Å². The van der Waals surface area contributed by atoms with Crippen LogP contribution in [0.1, 0.15) is 35.0 Å². The van der Waals surface area contributed by atoms with E-state index in [1.54, 1.807) is 12.1 Å². The predicted molar refractivity (Wildman–Crippen MR) is 156 cm³/mol. The van der Waals surface area contributed by atoms with Crippen LogP contribution in [0.2, 0.25) is 0 Å². The zero-order chi connectivity index (χ0) is 26.2. The maximum absolute atomic E-state index is 12.7. The van der Waals surface area contributed by atoms with E-state index >= 15 is 0 Å². The number of amides is 1. The van der Waals surface area contributed by atoms with Crippen molar-refractivity contribution < 1.29 is 4.79 Å². The zero-order valence-electron chi connectivity index (χ0n) is 22.1. The molecule has 1 fully saturated rings. The van der Waals surface area contributed by atoms with Gasteiger partial charge in [-0.15, -0.1) is 0 Å². The number of nitrogens with one attached hydrogen (secondary N) is 1. The SMILES string of the molecule is CCCN(C(=S)NC(=O)c1ccccc1)c1cc(-c2ccc(CCN3CCN(C)CC3)nc2)ccc1C. The van der Waals surface area contributed by atoms with Crippen molar-refractivity contribution in [1.82, 2.24) is 20.1 Å². The fourth-order valence-electron chi connectivity index (χ4n) is 4.55. The Morgan fingerprint density at radius 1 is 1.03 bits per heavy atom. The topological polar surface area (TPSA) is 51.7 Å². The van der Waals surface area contributed by atoms with E-state index < -0.39 is 0 Å². The highest BCUT2D eigenvalue weighted by atomic mass is 32.1. The summed E-state index contributed by atoms with van der Waals surface area (Å²) < 4.78 is 0. The molecule has 0 radical (unpaired) electrons. The molecule has 4 rings (SSSR count). The second kappa shape index (κ2) is 12.9. The van der Waals surface area contributed by atoms with Crippen LogP contribution in [0.4, 0.5) is 5.69 Å². The average molecular weight is 516 g/mol. The maximum Gasteiger partial charge on any atom is 0.257 e. The van der Waals surface area contributed by atoms with Gasteiger partial charge in [0.15, 0.2) is 5.11 Å². The summed E-state index contributed by atoms with van der Waals surface area (Å²) in [6.07, 6.45) is 3.82. The molecule has 0 aliphatic carbocycles. The first-order valence-corrected chi connectivity index (χ1v) is 13.5. The standard InChI is InChI=1S/C30H37N5OS/c1-4-15-35(30(37)32-29(36)24-8-6-5-7-9-24)28-21-25(11-10-23(28)2)26-12-13-27(31-22-26)14-16-34-19-17-33(3)18-20-34/h5-13,21-22H,4,14-20H2,1-3H3,(H,32,36,37). The molecule has 2 heterocycles. The molecular formula is C30H37N5OS. The minimum absolute atomic E-state index is 0.197. The van der Waals surface area contributed by atoms with E-state index in [-0.39, 0.29) is 5.91 Å². The van der Waals surface area contributed by atoms with E-state index in [4.69, 9.17) is 17.2 Å². The van der Waals surface area contributed by atoms with Gasteiger partial charge >= 0.3 is 0 Å². The average Bonchev–Trinajstić information content (AvgIpc) is 2.92. The number of hydrogen-bond acceptors (Lipinski definition) is 5. The molecule has 1 aliphatic rings. The van der Waals surface area contributed by atoms with Gasteiger partial charge in [0.25, 0.3) is 5.91 Å². The van der Waals surface area contributed by atoms with Crippen LogP contribution in [0.3, 0.4) is 0 Å². The number of piperazine rings is 1. The Hall–Kier alpha value is -3.13. The monoisotopic (exact) mass is 515 g/mol. The van der Waals surface area contributed by atoms with E-state index in [0.29, 0.717) is 17.2 Å². The van der Waals surface area contributed by atoms with Gasteiger partial charge in [0, 0.05) is 74.4 Å². The van der Waals surface area contributed by atoms with Crippen LogP contribution in [-0.2, 0) is 6.42 Å². The van der Waals surface area contributed by atoms with Crippen molar-refractivity contribution in [2.75, 3.05) is 51.2 Å². The second-order valence-electron chi connectivity index (χ2n) is 9.71. The summed E-state index contributed by atoms with van der Waals surface area (Å²) in [6, 6.07) is 19.8. The van der Waals surface area contributed by atoms with Crippen molar-refractivity contribution >= 4 is 28.9 Å². The van der Waals surface area contributed by atoms with E-state index in [1.165, 1.54) is 0 Å². The second-order valence-corrected chi connectivity index (χ2v) is 10.1. The zero-order valence-corrected chi connectivity index (χ0v) is 22.9. The molecule has 0 bridgehead atoms. The Labute approximate surface area is 226 Å². The fraction of sp³-hybridized carbons (Fsp3) is 0.367. The van der Waals surface area contributed by atoms with Crippen molar-refractivity contribution in [3.63, 3.8) is 0 Å². The lowest BCUT2D eigenvalue weighted by Crippen LogP contribution is -2.45. The number of carbonyl (C=O) groups is 1. The lowest BCUT2D eigenvalue weighted by atomic mass is 10.0. The molecule has 194 valence electrons. The highest BCUT2D eigenvalue weighted by Gasteiger charge is 2.18. The molecule has 37 heavy (non-hydrogen) atoms. The largest absolute Gasteiger partial charge is 0.318 e. The van der Waals surface area contributed by atoms with Gasteiger partial charge < -0.3 is 14.7 Å². The van der Waals surface area contributed by atoms with E-state index in [1.807, 2.05) is 29.3 Å². The molecule has 0 atom stereocenters. The molecule has 2 aromatic carbocycles. The molecule has 1 aliphatic heterocycles. The van der Waals surface area contributed by atoms with Gasteiger partial charge in [0.1, 0.15) is 0 Å². The number of carbonyl (C=O) groups excluding carboxylic acids is 1. The van der Waals surface area contributed by atoms with Crippen LogP contribution in [0, 0.1) is 6.92 Å². The van der Waals surface area contributed by atoms with E-state index in [9.17, 15) is 4.79 Å². The summed E-state index contributed by atoms with van der Waals surface area (Å²) in [5.41, 5.74) is 5.96. The number of likely N-dealkylation sites (N-methyl/N-ethyl adjacent to an activating group) is 1. The first-order valence-electron chi connectivity index (χ1n) is 13.1. The van der Waals surface area contributed by atoms with Crippen LogP contribution in [0.15, 0.2) is 66.9 Å². The molecule has 6 nitrogen and oxygen atoms in total. The van der Waals surface area contributed by atoms with Crippen LogP contribution >= 0.6 is 12.2 Å². The summed E-state index contributed by atoms with van der Waals surface area (Å²) in [5, 5.41) is 3.33. The number of aryl methyl sites for hydroxylation is 1.